The number of methoxy groups -OCH3 is 1. The molecule has 1 N–H and O–H groups in total. The molecule has 1 aromatic carbocycles. The van der Waals surface area contributed by atoms with E-state index in [0.717, 1.165) is 17.7 Å². The lowest BCUT2D eigenvalue weighted by Crippen LogP contribution is -2.33. The summed E-state index contributed by atoms with van der Waals surface area (Å²) in [5.74, 6) is 2.43. The fourth-order valence-corrected chi connectivity index (χ4v) is 2.90. The molecule has 8 nitrogen and oxygen atoms in total. The Morgan fingerprint density at radius 1 is 1.10 bits per heavy atom. The molecule has 0 fully saturated rings. The van der Waals surface area contributed by atoms with Crippen LogP contribution in [0.25, 0.3) is 0 Å². The maximum absolute atomic E-state index is 12.1. The molecule has 0 unspecified atom stereocenters. The highest BCUT2D eigenvalue weighted by Crippen LogP contribution is 2.19. The first-order valence-corrected chi connectivity index (χ1v) is 9.90. The van der Waals surface area contributed by atoms with E-state index < -0.39 is 0 Å². The minimum atomic E-state index is -0.164. The zero-order valence-electron chi connectivity index (χ0n) is 17.2. The molecule has 158 valence electrons. The topological polar surface area (TPSA) is 99.4 Å². The van der Waals surface area contributed by atoms with Gasteiger partial charge in [-0.05, 0) is 37.1 Å². The normalized spacial score (nSPS) is 11.7. The second-order valence-corrected chi connectivity index (χ2v) is 6.82. The van der Waals surface area contributed by atoms with Gasteiger partial charge in [0.2, 0.25) is 17.7 Å². The number of para-hydroxylation sites is 1. The van der Waals surface area contributed by atoms with Crippen LogP contribution < -0.4 is 14.8 Å². The smallest absolute Gasteiger partial charge is 0.220 e. The molecule has 2 heterocycles. The maximum Gasteiger partial charge on any atom is 0.220 e. The number of nitrogens with zero attached hydrogens (tertiary/aromatic N) is 3. The average Bonchev–Trinajstić information content (AvgIpc) is 3.23. The third kappa shape index (κ3) is 6.58. The van der Waals surface area contributed by atoms with E-state index in [1.807, 2.05) is 37.3 Å². The molecule has 0 aliphatic carbocycles. The van der Waals surface area contributed by atoms with Gasteiger partial charge < -0.3 is 19.2 Å². The van der Waals surface area contributed by atoms with Gasteiger partial charge in [-0.3, -0.25) is 9.78 Å². The van der Waals surface area contributed by atoms with Crippen LogP contribution in [0.4, 0.5) is 0 Å². The van der Waals surface area contributed by atoms with Crippen LogP contribution in [0, 0.1) is 0 Å². The highest BCUT2D eigenvalue weighted by atomic mass is 16.5. The van der Waals surface area contributed by atoms with Crippen molar-refractivity contribution in [3.05, 3.63) is 66.1 Å². The Bertz CT molecular complexity index is 930. The van der Waals surface area contributed by atoms with Crippen LogP contribution in [0.5, 0.6) is 11.5 Å². The Morgan fingerprint density at radius 2 is 1.90 bits per heavy atom. The van der Waals surface area contributed by atoms with Crippen molar-refractivity contribution in [3.8, 4) is 11.5 Å². The molecule has 3 rings (SSSR count). The molecule has 3 aromatic rings. The molecule has 2 aromatic heterocycles. The molecule has 0 aliphatic heterocycles. The quantitative estimate of drug-likeness (QED) is 0.519. The number of carbonyl (C=O) groups is 1. The summed E-state index contributed by atoms with van der Waals surface area (Å²) in [5.41, 5.74) is 1.08. The van der Waals surface area contributed by atoms with Gasteiger partial charge in [-0.2, -0.15) is 0 Å². The van der Waals surface area contributed by atoms with E-state index in [1.54, 1.807) is 25.6 Å². The van der Waals surface area contributed by atoms with Gasteiger partial charge in [0.1, 0.15) is 17.6 Å². The molecule has 0 saturated carbocycles. The Hall–Kier alpha value is -3.42. The van der Waals surface area contributed by atoms with Crippen molar-refractivity contribution in [1.29, 1.82) is 0 Å². The highest BCUT2D eigenvalue weighted by Gasteiger charge is 2.12. The summed E-state index contributed by atoms with van der Waals surface area (Å²) in [6.45, 7) is 2.29. The van der Waals surface area contributed by atoms with Crippen LogP contribution in [0.15, 0.2) is 53.2 Å². The summed E-state index contributed by atoms with van der Waals surface area (Å²) in [5, 5.41) is 11.0. The van der Waals surface area contributed by atoms with Crippen molar-refractivity contribution in [2.75, 3.05) is 13.7 Å². The maximum atomic E-state index is 12.1. The Labute approximate surface area is 175 Å². The predicted octanol–water partition coefficient (Wildman–Crippen LogP) is 2.77. The number of aromatic nitrogens is 3. The second kappa shape index (κ2) is 10.9. The van der Waals surface area contributed by atoms with Crippen LogP contribution in [0.1, 0.15) is 30.7 Å². The Balaban J connectivity index is 1.37. The SMILES string of the molecule is COc1ccccc1CCc1nnc(CCC(=O)NC[C@H](C)Oc2cccnc2)o1. The highest BCUT2D eigenvalue weighted by molar-refractivity contribution is 5.76. The first kappa shape index (κ1) is 21.3. The number of carbonyl (C=O) groups excluding carboxylic acids is 1. The molecule has 8 heteroatoms. The average molecular weight is 410 g/mol. The molecule has 0 bridgehead atoms. The van der Waals surface area contributed by atoms with Gasteiger partial charge in [0.05, 0.1) is 19.9 Å². The van der Waals surface area contributed by atoms with Crippen LogP contribution in [0.3, 0.4) is 0 Å². The standard InChI is InChI=1S/C22H26N4O4/c1-16(29-18-7-5-13-23-15-18)14-24-20(27)10-12-22-26-25-21(30-22)11-9-17-6-3-4-8-19(17)28-2/h3-8,13,15-16H,9-12,14H2,1-2H3,(H,24,27)/t16-/m0/s1. The zero-order valence-corrected chi connectivity index (χ0v) is 17.2. The third-order valence-electron chi connectivity index (χ3n) is 4.43. The number of aryl methyl sites for hydroxylation is 3. The molecule has 1 atom stereocenters. The fourth-order valence-electron chi connectivity index (χ4n) is 2.90. The molecule has 0 spiro atoms. The Kier molecular flexibility index (Phi) is 7.77. The lowest BCUT2D eigenvalue weighted by molar-refractivity contribution is -0.121. The minimum Gasteiger partial charge on any atom is -0.496 e. The van der Waals surface area contributed by atoms with Crippen LogP contribution >= 0.6 is 0 Å². The van der Waals surface area contributed by atoms with E-state index in [0.29, 0.717) is 36.9 Å². The van der Waals surface area contributed by atoms with E-state index in [9.17, 15) is 4.79 Å². The summed E-state index contributed by atoms with van der Waals surface area (Å²) in [4.78, 5) is 16.1. The number of benzene rings is 1. The largest absolute Gasteiger partial charge is 0.496 e. The molecule has 30 heavy (non-hydrogen) atoms. The van der Waals surface area contributed by atoms with Crippen molar-refractivity contribution >= 4 is 5.91 Å². The summed E-state index contributed by atoms with van der Waals surface area (Å²) in [6, 6.07) is 11.5. The van der Waals surface area contributed by atoms with E-state index in [4.69, 9.17) is 13.9 Å². The van der Waals surface area contributed by atoms with Gasteiger partial charge in [0.15, 0.2) is 0 Å². The van der Waals surface area contributed by atoms with Gasteiger partial charge in [-0.1, -0.05) is 18.2 Å². The zero-order chi connectivity index (χ0) is 21.2. The molecule has 0 radical (unpaired) electrons. The summed E-state index contributed by atoms with van der Waals surface area (Å²) >= 11 is 0. The summed E-state index contributed by atoms with van der Waals surface area (Å²) in [6.07, 6.45) is 5.17. The van der Waals surface area contributed by atoms with Crippen molar-refractivity contribution in [2.24, 2.45) is 0 Å². The van der Waals surface area contributed by atoms with Crippen molar-refractivity contribution < 1.29 is 18.7 Å². The van der Waals surface area contributed by atoms with Crippen molar-refractivity contribution in [2.45, 2.75) is 38.7 Å². The third-order valence-corrected chi connectivity index (χ3v) is 4.43. The van der Waals surface area contributed by atoms with E-state index in [-0.39, 0.29) is 18.4 Å². The van der Waals surface area contributed by atoms with Crippen LogP contribution in [-0.4, -0.2) is 40.8 Å². The summed E-state index contributed by atoms with van der Waals surface area (Å²) in [7, 11) is 1.65. The Morgan fingerprint density at radius 3 is 2.67 bits per heavy atom. The van der Waals surface area contributed by atoms with Gasteiger partial charge in [-0.25, -0.2) is 0 Å². The van der Waals surface area contributed by atoms with Gasteiger partial charge in [-0.15, -0.1) is 10.2 Å². The van der Waals surface area contributed by atoms with Crippen molar-refractivity contribution in [1.82, 2.24) is 20.5 Å². The number of pyridine rings is 1. The van der Waals surface area contributed by atoms with Crippen LogP contribution in [-0.2, 0) is 24.1 Å². The number of rotatable bonds is 11. The van der Waals surface area contributed by atoms with E-state index in [2.05, 4.69) is 20.5 Å². The van der Waals surface area contributed by atoms with E-state index in [1.165, 1.54) is 0 Å². The molecule has 0 saturated heterocycles. The summed E-state index contributed by atoms with van der Waals surface area (Å²) < 4.78 is 16.7. The van der Waals surface area contributed by atoms with Crippen LogP contribution in [0.2, 0.25) is 0 Å². The lowest BCUT2D eigenvalue weighted by atomic mass is 10.1. The number of ether oxygens (including phenoxy) is 2. The fraction of sp³-hybridized carbons (Fsp3) is 0.364. The first-order valence-electron chi connectivity index (χ1n) is 9.90. The number of hydrogen-bond donors (Lipinski definition) is 1. The van der Waals surface area contributed by atoms with Gasteiger partial charge in [0, 0.05) is 25.5 Å². The minimum absolute atomic E-state index is 0.0922. The molecular weight excluding hydrogens is 384 g/mol. The second-order valence-electron chi connectivity index (χ2n) is 6.82. The predicted molar refractivity (Wildman–Crippen MR) is 110 cm³/mol. The number of amides is 1. The monoisotopic (exact) mass is 410 g/mol. The van der Waals surface area contributed by atoms with Gasteiger partial charge in [0.25, 0.3) is 0 Å². The first-order chi connectivity index (χ1) is 14.6. The molecule has 0 aliphatic rings. The number of hydrogen-bond acceptors (Lipinski definition) is 7. The van der Waals surface area contributed by atoms with Gasteiger partial charge >= 0.3 is 0 Å². The molecular formula is C22H26N4O4. The number of nitrogens with one attached hydrogen (secondary N) is 1. The van der Waals surface area contributed by atoms with Crippen molar-refractivity contribution in [3.63, 3.8) is 0 Å². The molecule has 1 amide bonds. The lowest BCUT2D eigenvalue weighted by Gasteiger charge is -2.14. The van der Waals surface area contributed by atoms with E-state index >= 15 is 0 Å².